The predicted molar refractivity (Wildman–Crippen MR) is 131 cm³/mol. The lowest BCUT2D eigenvalue weighted by molar-refractivity contribution is -0.263. The van der Waals surface area contributed by atoms with Crippen LogP contribution in [0.15, 0.2) is 30.3 Å². The molecule has 1 aromatic rings. The third-order valence-electron chi connectivity index (χ3n) is 5.60. The van der Waals surface area contributed by atoms with E-state index in [1.165, 1.54) is 7.11 Å². The second-order valence-corrected chi connectivity index (χ2v) is 10.5. The first-order valence-corrected chi connectivity index (χ1v) is 11.9. The van der Waals surface area contributed by atoms with Gasteiger partial charge in [-0.2, -0.15) is 0 Å². The topological polar surface area (TPSA) is 143 Å². The molecule has 2 rings (SSSR count). The summed E-state index contributed by atoms with van der Waals surface area (Å²) in [7, 11) is 1.18. The zero-order valence-electron chi connectivity index (χ0n) is 21.9. The molecule has 2 atom stereocenters. The fraction of sp³-hybridized carbons (Fsp3) is 0.615. The van der Waals surface area contributed by atoms with Crippen molar-refractivity contribution in [1.82, 2.24) is 5.32 Å². The van der Waals surface area contributed by atoms with Crippen LogP contribution < -0.4 is 11.1 Å². The van der Waals surface area contributed by atoms with Crippen molar-refractivity contribution in [3.8, 4) is 0 Å². The predicted octanol–water partition coefficient (Wildman–Crippen LogP) is 1.67. The minimum atomic E-state index is -1.50. The standard InChI is InChI=1S/C26H38N2O8/c1-24(2,3)36-21(30)14-18(22(31)33-6)13-20(29)19(12-17-10-8-7-9-11-17)28-23(32)26(27)15-34-25(4,5)35-16-26/h7-11,18-19H,12-16,27H2,1-6H3,(H,28,32)/t18-,19-/m0/s1. The van der Waals surface area contributed by atoms with Gasteiger partial charge in [-0.15, -0.1) is 0 Å². The average molecular weight is 507 g/mol. The molecule has 10 nitrogen and oxygen atoms in total. The molecule has 200 valence electrons. The number of nitrogens with one attached hydrogen (secondary N) is 1. The van der Waals surface area contributed by atoms with Crippen molar-refractivity contribution < 1.29 is 38.1 Å². The number of esters is 2. The maximum atomic E-state index is 13.4. The summed E-state index contributed by atoms with van der Waals surface area (Å²) in [5, 5.41) is 2.71. The van der Waals surface area contributed by atoms with E-state index in [1.807, 2.05) is 30.3 Å². The van der Waals surface area contributed by atoms with Crippen LogP contribution in [-0.4, -0.2) is 66.9 Å². The van der Waals surface area contributed by atoms with Crippen molar-refractivity contribution >= 4 is 23.6 Å². The number of hydrogen-bond acceptors (Lipinski definition) is 9. The Labute approximate surface area is 212 Å². The Morgan fingerprint density at radius 2 is 1.64 bits per heavy atom. The summed E-state index contributed by atoms with van der Waals surface area (Å²) in [6, 6.07) is 8.08. The number of carbonyl (C=O) groups excluding carboxylic acids is 4. The minimum Gasteiger partial charge on any atom is -0.469 e. The van der Waals surface area contributed by atoms with Crippen molar-refractivity contribution in [2.75, 3.05) is 20.3 Å². The Morgan fingerprint density at radius 3 is 2.17 bits per heavy atom. The zero-order valence-corrected chi connectivity index (χ0v) is 21.9. The molecule has 1 heterocycles. The maximum Gasteiger partial charge on any atom is 0.309 e. The smallest absolute Gasteiger partial charge is 0.309 e. The molecule has 0 saturated carbocycles. The number of Topliss-reactive ketones (excluding diaryl/α,β-unsaturated/α-hetero) is 1. The van der Waals surface area contributed by atoms with Gasteiger partial charge < -0.3 is 30.0 Å². The molecule has 0 bridgehead atoms. The number of amides is 1. The van der Waals surface area contributed by atoms with Gasteiger partial charge in [0.15, 0.2) is 11.6 Å². The fourth-order valence-electron chi connectivity index (χ4n) is 3.59. The second-order valence-electron chi connectivity index (χ2n) is 10.5. The maximum absolute atomic E-state index is 13.4. The normalized spacial score (nSPS) is 18.4. The van der Waals surface area contributed by atoms with E-state index in [0.717, 1.165) is 5.56 Å². The first-order valence-electron chi connectivity index (χ1n) is 11.9. The van der Waals surface area contributed by atoms with Gasteiger partial charge in [0, 0.05) is 6.42 Å². The molecule has 10 heteroatoms. The highest BCUT2D eigenvalue weighted by molar-refractivity contribution is 5.95. The van der Waals surface area contributed by atoms with Crippen molar-refractivity contribution in [3.63, 3.8) is 0 Å². The van der Waals surface area contributed by atoms with Crippen LogP contribution in [0.5, 0.6) is 0 Å². The van der Waals surface area contributed by atoms with Crippen LogP contribution in [-0.2, 0) is 44.5 Å². The number of nitrogens with two attached hydrogens (primary N) is 1. The molecule has 1 aliphatic heterocycles. The van der Waals surface area contributed by atoms with Gasteiger partial charge >= 0.3 is 11.9 Å². The zero-order chi connectivity index (χ0) is 27.1. The summed E-state index contributed by atoms with van der Waals surface area (Å²) < 4.78 is 21.2. The van der Waals surface area contributed by atoms with E-state index < -0.39 is 52.5 Å². The van der Waals surface area contributed by atoms with Gasteiger partial charge in [-0.3, -0.25) is 19.2 Å². The lowest BCUT2D eigenvalue weighted by Crippen LogP contribution is -2.66. The van der Waals surface area contributed by atoms with Gasteiger partial charge in [-0.1, -0.05) is 30.3 Å². The second kappa shape index (κ2) is 11.9. The summed E-state index contributed by atoms with van der Waals surface area (Å²) in [6.45, 7) is 8.35. The van der Waals surface area contributed by atoms with E-state index in [0.29, 0.717) is 0 Å². The van der Waals surface area contributed by atoms with Crippen molar-refractivity contribution in [2.24, 2.45) is 11.7 Å². The molecule has 0 aliphatic carbocycles. The SMILES string of the molecule is COC(=O)[C@H](CC(=O)OC(C)(C)C)CC(=O)[C@H](Cc1ccccc1)NC(=O)C1(N)COC(C)(C)OC1. The molecule has 1 fully saturated rings. The Morgan fingerprint density at radius 1 is 1.06 bits per heavy atom. The molecule has 0 unspecified atom stereocenters. The highest BCUT2D eigenvalue weighted by atomic mass is 16.7. The molecule has 0 aromatic heterocycles. The summed E-state index contributed by atoms with van der Waals surface area (Å²) in [6.07, 6.45) is -0.504. The van der Waals surface area contributed by atoms with E-state index in [4.69, 9.17) is 24.7 Å². The number of benzene rings is 1. The van der Waals surface area contributed by atoms with Gasteiger partial charge in [0.2, 0.25) is 5.91 Å². The van der Waals surface area contributed by atoms with E-state index in [1.54, 1.807) is 34.6 Å². The average Bonchev–Trinajstić information content (AvgIpc) is 2.79. The van der Waals surface area contributed by atoms with Crippen LogP contribution >= 0.6 is 0 Å². The van der Waals surface area contributed by atoms with Crippen molar-refractivity contribution in [3.05, 3.63) is 35.9 Å². The Balaban J connectivity index is 2.21. The van der Waals surface area contributed by atoms with Crippen molar-refractivity contribution in [1.29, 1.82) is 0 Å². The third-order valence-corrected chi connectivity index (χ3v) is 5.60. The van der Waals surface area contributed by atoms with E-state index in [-0.39, 0.29) is 32.5 Å². The van der Waals surface area contributed by atoms with Crippen LogP contribution in [0.2, 0.25) is 0 Å². The fourth-order valence-corrected chi connectivity index (χ4v) is 3.59. The molecule has 1 saturated heterocycles. The third kappa shape index (κ3) is 9.00. The van der Waals surface area contributed by atoms with Gasteiger partial charge in [0.05, 0.1) is 38.7 Å². The lowest BCUT2D eigenvalue weighted by Gasteiger charge is -2.40. The summed E-state index contributed by atoms with van der Waals surface area (Å²) in [4.78, 5) is 51.3. The number of carbonyl (C=O) groups is 4. The van der Waals surface area contributed by atoms with Crippen LogP contribution in [0.25, 0.3) is 0 Å². The molecular weight excluding hydrogens is 468 g/mol. The first-order chi connectivity index (χ1) is 16.6. The molecule has 1 aromatic carbocycles. The minimum absolute atomic E-state index is 0.0957. The van der Waals surface area contributed by atoms with Crippen LogP contribution in [0.3, 0.4) is 0 Å². The van der Waals surface area contributed by atoms with Gasteiger partial charge in [-0.05, 0) is 46.6 Å². The lowest BCUT2D eigenvalue weighted by atomic mass is 9.91. The largest absolute Gasteiger partial charge is 0.469 e. The van der Waals surface area contributed by atoms with Crippen LogP contribution in [0.4, 0.5) is 0 Å². The monoisotopic (exact) mass is 506 g/mol. The highest BCUT2D eigenvalue weighted by Crippen LogP contribution is 2.23. The Kier molecular flexibility index (Phi) is 9.76. The number of methoxy groups -OCH3 is 1. The Bertz CT molecular complexity index is 929. The Hall–Kier alpha value is -2.82. The molecule has 36 heavy (non-hydrogen) atoms. The van der Waals surface area contributed by atoms with Gasteiger partial charge in [0.1, 0.15) is 11.1 Å². The molecule has 1 aliphatic rings. The quantitative estimate of drug-likeness (QED) is 0.453. The molecule has 0 spiro atoms. The van der Waals surface area contributed by atoms with Crippen molar-refractivity contribution in [2.45, 2.75) is 76.9 Å². The molecule has 0 radical (unpaired) electrons. The van der Waals surface area contributed by atoms with Crippen LogP contribution in [0.1, 0.15) is 53.0 Å². The molecule has 3 N–H and O–H groups in total. The van der Waals surface area contributed by atoms with Crippen LogP contribution in [0, 0.1) is 5.92 Å². The first kappa shape index (κ1) is 29.4. The van der Waals surface area contributed by atoms with Gasteiger partial charge in [-0.25, -0.2) is 0 Å². The molecule has 1 amide bonds. The number of ketones is 1. The van der Waals surface area contributed by atoms with E-state index in [2.05, 4.69) is 5.32 Å². The van der Waals surface area contributed by atoms with Gasteiger partial charge in [0.25, 0.3) is 0 Å². The summed E-state index contributed by atoms with van der Waals surface area (Å²) >= 11 is 0. The van der Waals surface area contributed by atoms with E-state index in [9.17, 15) is 19.2 Å². The summed E-state index contributed by atoms with van der Waals surface area (Å²) in [5.41, 5.74) is 4.80. The number of hydrogen-bond donors (Lipinski definition) is 2. The number of ether oxygens (including phenoxy) is 4. The molecular formula is C26H38N2O8. The van der Waals surface area contributed by atoms with E-state index >= 15 is 0 Å². The summed E-state index contributed by atoms with van der Waals surface area (Å²) in [5.74, 6) is -4.36. The number of rotatable bonds is 10. The highest BCUT2D eigenvalue weighted by Gasteiger charge is 2.44.